The molecule has 0 unspecified atom stereocenters. The fraction of sp³-hybridized carbons (Fsp3) is 0.0714. The van der Waals surface area contributed by atoms with Gasteiger partial charge in [0.05, 0.1) is 10.7 Å². The van der Waals surface area contributed by atoms with Crippen LogP contribution in [0.5, 0.6) is 0 Å². The predicted octanol–water partition coefficient (Wildman–Crippen LogP) is 4.23. The molecular formula is C14H10ClN3S. The summed E-state index contributed by atoms with van der Waals surface area (Å²) in [5, 5.41) is 3.41. The second-order valence-electron chi connectivity index (χ2n) is 4.02. The summed E-state index contributed by atoms with van der Waals surface area (Å²) < 4.78 is 0. The van der Waals surface area contributed by atoms with E-state index in [9.17, 15) is 0 Å². The van der Waals surface area contributed by atoms with Gasteiger partial charge in [0.25, 0.3) is 0 Å². The Kier molecular flexibility index (Phi) is 3.27. The van der Waals surface area contributed by atoms with Crippen LogP contribution >= 0.6 is 22.9 Å². The first-order chi connectivity index (χ1) is 9.22. The first-order valence-electron chi connectivity index (χ1n) is 5.75. The van der Waals surface area contributed by atoms with E-state index in [1.54, 1.807) is 17.4 Å². The van der Waals surface area contributed by atoms with Gasteiger partial charge in [0.2, 0.25) is 0 Å². The number of halogens is 1. The van der Waals surface area contributed by atoms with Crippen LogP contribution in [-0.4, -0.2) is 15.0 Å². The minimum absolute atomic E-state index is 0.425. The molecule has 1 aromatic carbocycles. The molecule has 0 aliphatic heterocycles. The molecule has 0 saturated carbocycles. The largest absolute Gasteiger partial charge is 0.240 e. The molecule has 2 heterocycles. The Balaban J connectivity index is 2.11. The maximum absolute atomic E-state index is 6.08. The van der Waals surface area contributed by atoms with Gasteiger partial charge in [-0.25, -0.2) is 15.0 Å². The van der Waals surface area contributed by atoms with E-state index in [4.69, 9.17) is 11.6 Å². The van der Waals surface area contributed by atoms with Crippen molar-refractivity contribution in [3.63, 3.8) is 0 Å². The van der Waals surface area contributed by atoms with Crippen molar-refractivity contribution in [3.05, 3.63) is 51.9 Å². The Hall–Kier alpha value is -1.78. The zero-order valence-electron chi connectivity index (χ0n) is 10.2. The molecule has 94 valence electrons. The Morgan fingerprint density at radius 1 is 1.00 bits per heavy atom. The van der Waals surface area contributed by atoms with Crippen molar-refractivity contribution >= 4 is 22.9 Å². The molecule has 5 heteroatoms. The van der Waals surface area contributed by atoms with Crippen molar-refractivity contribution in [2.75, 3.05) is 0 Å². The van der Waals surface area contributed by atoms with Crippen LogP contribution in [-0.2, 0) is 0 Å². The van der Waals surface area contributed by atoms with Crippen LogP contribution in [0.15, 0.2) is 41.8 Å². The van der Waals surface area contributed by atoms with Crippen LogP contribution in [0.1, 0.15) is 5.01 Å². The number of hydrogen-bond donors (Lipinski definition) is 0. The highest BCUT2D eigenvalue weighted by Gasteiger charge is 2.09. The van der Waals surface area contributed by atoms with Gasteiger partial charge in [-0.3, -0.25) is 0 Å². The standard InChI is InChI=1S/C14H10ClN3S/c1-9-16-12(8-19-9)11-7-13(15)18-14(17-11)10-5-3-2-4-6-10/h2-8H,1H3. The predicted molar refractivity (Wildman–Crippen MR) is 78.3 cm³/mol. The van der Waals surface area contributed by atoms with E-state index < -0.39 is 0 Å². The summed E-state index contributed by atoms with van der Waals surface area (Å²) in [5.74, 6) is 0.619. The third-order valence-corrected chi connectivity index (χ3v) is 3.58. The molecule has 0 aliphatic rings. The van der Waals surface area contributed by atoms with Gasteiger partial charge in [-0.1, -0.05) is 41.9 Å². The SMILES string of the molecule is Cc1nc(-c2cc(Cl)nc(-c3ccccc3)n2)cs1. The van der Waals surface area contributed by atoms with E-state index in [0.717, 1.165) is 22.0 Å². The van der Waals surface area contributed by atoms with Crippen molar-refractivity contribution < 1.29 is 0 Å². The number of nitrogens with zero attached hydrogens (tertiary/aromatic N) is 3. The number of rotatable bonds is 2. The summed E-state index contributed by atoms with van der Waals surface area (Å²) in [4.78, 5) is 13.2. The maximum Gasteiger partial charge on any atom is 0.161 e. The van der Waals surface area contributed by atoms with Gasteiger partial charge in [0.1, 0.15) is 10.8 Å². The lowest BCUT2D eigenvalue weighted by atomic mass is 10.2. The highest BCUT2D eigenvalue weighted by Crippen LogP contribution is 2.25. The Labute approximate surface area is 120 Å². The highest BCUT2D eigenvalue weighted by molar-refractivity contribution is 7.09. The van der Waals surface area contributed by atoms with Gasteiger partial charge in [-0.15, -0.1) is 11.3 Å². The van der Waals surface area contributed by atoms with Crippen molar-refractivity contribution in [2.24, 2.45) is 0 Å². The van der Waals surface area contributed by atoms with Gasteiger partial charge >= 0.3 is 0 Å². The maximum atomic E-state index is 6.08. The number of aryl methyl sites for hydroxylation is 1. The van der Waals surface area contributed by atoms with E-state index in [0.29, 0.717) is 11.0 Å². The molecule has 3 nitrogen and oxygen atoms in total. The summed E-state index contributed by atoms with van der Waals surface area (Å²) in [6.07, 6.45) is 0. The van der Waals surface area contributed by atoms with Gasteiger partial charge < -0.3 is 0 Å². The molecule has 2 aromatic heterocycles. The van der Waals surface area contributed by atoms with E-state index in [1.165, 1.54) is 0 Å². The number of aromatic nitrogens is 3. The lowest BCUT2D eigenvalue weighted by molar-refractivity contribution is 1.16. The topological polar surface area (TPSA) is 38.7 Å². The molecule has 0 spiro atoms. The Morgan fingerprint density at radius 3 is 2.47 bits per heavy atom. The van der Waals surface area contributed by atoms with Crippen LogP contribution in [0.4, 0.5) is 0 Å². The van der Waals surface area contributed by atoms with E-state index in [-0.39, 0.29) is 0 Å². The van der Waals surface area contributed by atoms with E-state index in [2.05, 4.69) is 15.0 Å². The fourth-order valence-corrected chi connectivity index (χ4v) is 2.54. The third kappa shape index (κ3) is 2.64. The third-order valence-electron chi connectivity index (χ3n) is 2.61. The van der Waals surface area contributed by atoms with Crippen molar-refractivity contribution in [2.45, 2.75) is 6.92 Å². The van der Waals surface area contributed by atoms with Gasteiger partial charge in [-0.2, -0.15) is 0 Å². The summed E-state index contributed by atoms with van der Waals surface area (Å²) in [5.41, 5.74) is 2.53. The van der Waals surface area contributed by atoms with Crippen LogP contribution in [0.25, 0.3) is 22.8 Å². The Bertz CT molecular complexity index is 710. The molecule has 3 aromatic rings. The minimum atomic E-state index is 0.425. The molecular weight excluding hydrogens is 278 g/mol. The van der Waals surface area contributed by atoms with Crippen LogP contribution in [0, 0.1) is 6.92 Å². The van der Waals surface area contributed by atoms with E-state index >= 15 is 0 Å². The zero-order valence-corrected chi connectivity index (χ0v) is 11.7. The molecule has 0 radical (unpaired) electrons. The van der Waals surface area contributed by atoms with Crippen molar-refractivity contribution in [1.82, 2.24) is 15.0 Å². The quantitative estimate of drug-likeness (QED) is 0.662. The lowest BCUT2D eigenvalue weighted by Gasteiger charge is -2.03. The molecule has 19 heavy (non-hydrogen) atoms. The second-order valence-corrected chi connectivity index (χ2v) is 5.47. The van der Waals surface area contributed by atoms with Gasteiger partial charge in [0, 0.05) is 17.0 Å². The smallest absolute Gasteiger partial charge is 0.161 e. The lowest BCUT2D eigenvalue weighted by Crippen LogP contribution is -1.93. The molecule has 0 amide bonds. The Morgan fingerprint density at radius 2 is 1.79 bits per heavy atom. The second kappa shape index (κ2) is 5.07. The monoisotopic (exact) mass is 287 g/mol. The summed E-state index contributed by atoms with van der Waals surface area (Å²) in [6, 6.07) is 11.5. The fourth-order valence-electron chi connectivity index (χ4n) is 1.75. The first-order valence-corrected chi connectivity index (χ1v) is 7.00. The summed E-state index contributed by atoms with van der Waals surface area (Å²) in [6.45, 7) is 1.97. The zero-order chi connectivity index (χ0) is 13.2. The van der Waals surface area contributed by atoms with Crippen LogP contribution in [0.3, 0.4) is 0 Å². The normalized spacial score (nSPS) is 10.6. The average molecular weight is 288 g/mol. The number of hydrogen-bond acceptors (Lipinski definition) is 4. The molecule has 3 rings (SSSR count). The first kappa shape index (κ1) is 12.3. The highest BCUT2D eigenvalue weighted by atomic mass is 35.5. The summed E-state index contributed by atoms with van der Waals surface area (Å²) >= 11 is 7.67. The molecule has 0 atom stereocenters. The van der Waals surface area contributed by atoms with Gasteiger partial charge in [-0.05, 0) is 6.92 Å². The van der Waals surface area contributed by atoms with E-state index in [1.807, 2.05) is 42.6 Å². The van der Waals surface area contributed by atoms with Crippen LogP contribution < -0.4 is 0 Å². The number of benzene rings is 1. The average Bonchev–Trinajstić information content (AvgIpc) is 2.86. The molecule has 0 fully saturated rings. The molecule has 0 bridgehead atoms. The molecule has 0 saturated heterocycles. The minimum Gasteiger partial charge on any atom is -0.240 e. The van der Waals surface area contributed by atoms with Crippen molar-refractivity contribution in [1.29, 1.82) is 0 Å². The van der Waals surface area contributed by atoms with Crippen LogP contribution in [0.2, 0.25) is 5.15 Å². The van der Waals surface area contributed by atoms with Crippen molar-refractivity contribution in [3.8, 4) is 22.8 Å². The summed E-state index contributed by atoms with van der Waals surface area (Å²) in [7, 11) is 0. The molecule has 0 N–H and O–H groups in total. The molecule has 0 aliphatic carbocycles. The van der Waals surface area contributed by atoms with Gasteiger partial charge in [0.15, 0.2) is 5.82 Å². The number of thiazole rings is 1.